The fraction of sp³-hybridized carbons (Fsp3) is 0.312. The van der Waals surface area contributed by atoms with Gasteiger partial charge >= 0.3 is 6.03 Å². The van der Waals surface area contributed by atoms with Crippen molar-refractivity contribution in [2.45, 2.75) is 31.8 Å². The number of hydrogen-bond donors (Lipinski definition) is 3. The highest BCUT2D eigenvalue weighted by molar-refractivity contribution is 7.09. The molecule has 1 aliphatic carbocycles. The van der Waals surface area contributed by atoms with Crippen molar-refractivity contribution in [3.05, 3.63) is 51.5 Å². The lowest BCUT2D eigenvalue weighted by atomic mass is 10.1. The molecule has 3 amide bonds. The maximum absolute atomic E-state index is 11.8. The number of urea groups is 1. The molecule has 1 heterocycles. The highest BCUT2D eigenvalue weighted by Gasteiger charge is 2.26. The lowest BCUT2D eigenvalue weighted by molar-refractivity contribution is 0.1000. The number of hydrogen-bond acceptors (Lipinski definition) is 4. The fourth-order valence-electron chi connectivity index (χ4n) is 2.17. The molecule has 4 N–H and O–H groups in total. The van der Waals surface area contributed by atoms with Crippen LogP contribution in [0.1, 0.15) is 45.4 Å². The molecule has 120 valence electrons. The van der Waals surface area contributed by atoms with Crippen LogP contribution in [0.15, 0.2) is 29.6 Å². The zero-order valence-electron chi connectivity index (χ0n) is 12.5. The van der Waals surface area contributed by atoms with Crippen LogP contribution in [0.2, 0.25) is 0 Å². The smallest absolute Gasteiger partial charge is 0.315 e. The number of carbonyl (C=O) groups is 2. The second-order valence-electron chi connectivity index (χ2n) is 5.55. The molecule has 0 radical (unpaired) electrons. The summed E-state index contributed by atoms with van der Waals surface area (Å²) < 4.78 is 0. The molecule has 0 unspecified atom stereocenters. The molecule has 0 spiro atoms. The van der Waals surface area contributed by atoms with E-state index in [-0.39, 0.29) is 6.03 Å². The number of amides is 3. The monoisotopic (exact) mass is 330 g/mol. The lowest BCUT2D eigenvalue weighted by Gasteiger charge is -2.07. The van der Waals surface area contributed by atoms with E-state index in [1.807, 2.05) is 11.4 Å². The van der Waals surface area contributed by atoms with Crippen molar-refractivity contribution in [1.29, 1.82) is 0 Å². The number of rotatable bonds is 6. The molecule has 1 aromatic heterocycles. The first-order valence-corrected chi connectivity index (χ1v) is 8.34. The summed E-state index contributed by atoms with van der Waals surface area (Å²) in [6.45, 7) is 0.744. The molecule has 2 aromatic rings. The van der Waals surface area contributed by atoms with Crippen LogP contribution < -0.4 is 16.4 Å². The summed E-state index contributed by atoms with van der Waals surface area (Å²) in [5.41, 5.74) is 7.38. The van der Waals surface area contributed by atoms with Gasteiger partial charge in [-0.3, -0.25) is 4.79 Å². The van der Waals surface area contributed by atoms with E-state index in [0.717, 1.165) is 11.3 Å². The summed E-state index contributed by atoms with van der Waals surface area (Å²) in [7, 11) is 0. The van der Waals surface area contributed by atoms with E-state index in [0.29, 0.717) is 24.6 Å². The van der Waals surface area contributed by atoms with E-state index in [1.165, 1.54) is 17.8 Å². The van der Waals surface area contributed by atoms with Crippen molar-refractivity contribution in [3.63, 3.8) is 0 Å². The zero-order valence-corrected chi connectivity index (χ0v) is 13.4. The van der Waals surface area contributed by atoms with Crippen LogP contribution in [0.5, 0.6) is 0 Å². The number of aromatic nitrogens is 1. The van der Waals surface area contributed by atoms with E-state index in [4.69, 9.17) is 5.73 Å². The molecule has 0 bridgehead atoms. The van der Waals surface area contributed by atoms with E-state index < -0.39 is 5.91 Å². The van der Waals surface area contributed by atoms with Crippen LogP contribution in [-0.4, -0.2) is 16.9 Å². The molecule has 1 aliphatic rings. The van der Waals surface area contributed by atoms with Crippen LogP contribution in [-0.2, 0) is 13.1 Å². The van der Waals surface area contributed by atoms with Crippen molar-refractivity contribution in [1.82, 2.24) is 15.6 Å². The minimum Gasteiger partial charge on any atom is -0.366 e. The van der Waals surface area contributed by atoms with Gasteiger partial charge in [-0.05, 0) is 30.5 Å². The third-order valence-corrected chi connectivity index (χ3v) is 4.65. The fourth-order valence-corrected chi connectivity index (χ4v) is 3.16. The quantitative estimate of drug-likeness (QED) is 0.757. The highest BCUT2D eigenvalue weighted by atomic mass is 32.1. The van der Waals surface area contributed by atoms with Crippen molar-refractivity contribution in [2.24, 2.45) is 5.73 Å². The third-order valence-electron chi connectivity index (χ3n) is 3.59. The van der Waals surface area contributed by atoms with E-state index in [2.05, 4.69) is 15.6 Å². The van der Waals surface area contributed by atoms with E-state index in [1.54, 1.807) is 29.5 Å². The molecule has 3 rings (SSSR count). The lowest BCUT2D eigenvalue weighted by Crippen LogP contribution is -2.34. The van der Waals surface area contributed by atoms with Gasteiger partial charge in [-0.2, -0.15) is 0 Å². The van der Waals surface area contributed by atoms with Gasteiger partial charge in [-0.1, -0.05) is 12.1 Å². The molecular formula is C16H18N4O2S. The van der Waals surface area contributed by atoms with Crippen LogP contribution in [0.25, 0.3) is 0 Å². The van der Waals surface area contributed by atoms with Gasteiger partial charge in [-0.25, -0.2) is 9.78 Å². The van der Waals surface area contributed by atoms with Crippen LogP contribution in [0.4, 0.5) is 4.79 Å². The first-order chi connectivity index (χ1) is 11.1. The number of nitrogens with zero attached hydrogens (tertiary/aromatic N) is 1. The second-order valence-corrected chi connectivity index (χ2v) is 6.44. The first kappa shape index (κ1) is 15.5. The summed E-state index contributed by atoms with van der Waals surface area (Å²) in [5, 5.41) is 8.69. The average molecular weight is 330 g/mol. The maximum atomic E-state index is 11.8. The van der Waals surface area contributed by atoms with Crippen molar-refractivity contribution >= 4 is 23.3 Å². The van der Waals surface area contributed by atoms with Gasteiger partial charge < -0.3 is 16.4 Å². The Kier molecular flexibility index (Phi) is 4.57. The van der Waals surface area contributed by atoms with Crippen LogP contribution >= 0.6 is 11.3 Å². The predicted octanol–water partition coefficient (Wildman–Crippen LogP) is 2.12. The highest BCUT2D eigenvalue weighted by Crippen LogP contribution is 2.41. The number of nitrogens with two attached hydrogens (primary N) is 1. The number of primary amides is 1. The standard InChI is InChI=1S/C16H18N4O2S/c17-14(21)12-3-1-2-10(6-12)7-18-16(22)19-8-13-9-23-15(20-13)11-4-5-11/h1-3,6,9,11H,4-5,7-8H2,(H2,17,21)(H2,18,19,22). The van der Waals surface area contributed by atoms with E-state index >= 15 is 0 Å². The number of nitrogens with one attached hydrogen (secondary N) is 2. The molecule has 0 saturated heterocycles. The van der Waals surface area contributed by atoms with Crippen LogP contribution in [0, 0.1) is 0 Å². The van der Waals surface area contributed by atoms with E-state index in [9.17, 15) is 9.59 Å². The Labute approximate surface area is 138 Å². The molecule has 6 nitrogen and oxygen atoms in total. The Balaban J connectivity index is 1.45. The van der Waals surface area contributed by atoms with Gasteiger partial charge in [0.1, 0.15) is 0 Å². The molecular weight excluding hydrogens is 312 g/mol. The summed E-state index contributed by atoms with van der Waals surface area (Å²) in [6, 6.07) is 6.62. The largest absolute Gasteiger partial charge is 0.366 e. The number of thiazole rings is 1. The Hall–Kier alpha value is -2.41. The molecule has 7 heteroatoms. The summed E-state index contributed by atoms with van der Waals surface area (Å²) >= 11 is 1.66. The molecule has 1 fully saturated rings. The van der Waals surface area contributed by atoms with Gasteiger partial charge in [0.15, 0.2) is 0 Å². The average Bonchev–Trinajstić information content (AvgIpc) is 3.30. The van der Waals surface area contributed by atoms with Gasteiger partial charge in [0.2, 0.25) is 5.91 Å². The van der Waals surface area contributed by atoms with Crippen molar-refractivity contribution < 1.29 is 9.59 Å². The van der Waals surface area contributed by atoms with Crippen molar-refractivity contribution in [3.8, 4) is 0 Å². The minimum absolute atomic E-state index is 0.268. The molecule has 23 heavy (non-hydrogen) atoms. The van der Waals surface area contributed by atoms with Gasteiger partial charge in [0.25, 0.3) is 0 Å². The molecule has 0 atom stereocenters. The Morgan fingerprint density at radius 1 is 1.26 bits per heavy atom. The molecule has 1 saturated carbocycles. The summed E-state index contributed by atoms with van der Waals surface area (Å²) in [5.74, 6) is 0.159. The minimum atomic E-state index is -0.480. The van der Waals surface area contributed by atoms with Gasteiger partial charge in [0.05, 0.1) is 17.2 Å². The Morgan fingerprint density at radius 3 is 2.78 bits per heavy atom. The normalized spacial score (nSPS) is 13.6. The summed E-state index contributed by atoms with van der Waals surface area (Å²) in [6.07, 6.45) is 2.45. The van der Waals surface area contributed by atoms with Gasteiger partial charge in [-0.15, -0.1) is 11.3 Å². The van der Waals surface area contributed by atoms with Gasteiger partial charge in [0, 0.05) is 23.4 Å². The van der Waals surface area contributed by atoms with Crippen molar-refractivity contribution in [2.75, 3.05) is 0 Å². The van der Waals surface area contributed by atoms with Crippen LogP contribution in [0.3, 0.4) is 0 Å². The maximum Gasteiger partial charge on any atom is 0.315 e. The number of carbonyl (C=O) groups excluding carboxylic acids is 2. The topological polar surface area (TPSA) is 97.1 Å². The zero-order chi connectivity index (χ0) is 16.2. The second kappa shape index (κ2) is 6.78. The third kappa shape index (κ3) is 4.29. The predicted molar refractivity (Wildman–Crippen MR) is 88.1 cm³/mol. The number of benzene rings is 1. The Bertz CT molecular complexity index is 724. The first-order valence-electron chi connectivity index (χ1n) is 7.46. The SMILES string of the molecule is NC(=O)c1cccc(CNC(=O)NCc2csc(C3CC3)n2)c1. The molecule has 1 aromatic carbocycles. The Morgan fingerprint density at radius 2 is 2.04 bits per heavy atom. The summed E-state index contributed by atoms with van der Waals surface area (Å²) in [4.78, 5) is 27.5. The molecule has 0 aliphatic heterocycles.